The third-order valence-electron chi connectivity index (χ3n) is 1.15. The van der Waals surface area contributed by atoms with Crippen LogP contribution in [-0.4, -0.2) is 20.9 Å². The molecule has 1 unspecified atom stereocenters. The molecule has 0 spiro atoms. The molecule has 0 aromatic carbocycles. The predicted octanol–water partition coefficient (Wildman–Crippen LogP) is 2.56. The van der Waals surface area contributed by atoms with Crippen LogP contribution in [-0.2, 0) is 0 Å². The molecule has 1 atom stereocenters. The Labute approximate surface area is 76.3 Å². The van der Waals surface area contributed by atoms with Crippen LogP contribution in [0.3, 0.4) is 0 Å². The van der Waals surface area contributed by atoms with Crippen LogP contribution in [0.5, 0.6) is 0 Å². The Morgan fingerprint density at radius 1 is 1.30 bits per heavy atom. The number of alkyl halides is 3. The lowest BCUT2D eigenvalue weighted by Crippen LogP contribution is -2.32. The molecule has 62 valence electrons. The number of hydrogen-bond acceptors (Lipinski definition) is 1. The van der Waals surface area contributed by atoms with E-state index < -0.39 is 15.8 Å². The molecule has 0 saturated carbocycles. The Hall–Kier alpha value is 0.830. The quantitative estimate of drug-likeness (QED) is 0.702. The van der Waals surface area contributed by atoms with E-state index in [1.165, 1.54) is 0 Å². The minimum atomic E-state index is -0.913. The van der Waals surface area contributed by atoms with E-state index in [1.54, 1.807) is 13.8 Å². The average Bonchev–Trinajstić information content (AvgIpc) is 1.60. The van der Waals surface area contributed by atoms with Gasteiger partial charge in [0, 0.05) is 0 Å². The van der Waals surface area contributed by atoms with Crippen LogP contribution in [0.25, 0.3) is 0 Å². The molecule has 0 radical (unpaired) electrons. The van der Waals surface area contributed by atoms with Gasteiger partial charge in [0.05, 0.1) is 11.0 Å². The standard InChI is InChI=1S/C6H11Cl3O/c1-6(2,10)4(7)3-5(8)9/h4-5,10H,3H2,1-2H3. The van der Waals surface area contributed by atoms with Crippen molar-refractivity contribution in [1.82, 2.24) is 0 Å². The van der Waals surface area contributed by atoms with Crippen LogP contribution >= 0.6 is 34.8 Å². The molecular weight excluding hydrogens is 194 g/mol. The summed E-state index contributed by atoms with van der Waals surface area (Å²) in [5.74, 6) is 0. The van der Waals surface area contributed by atoms with Crippen molar-refractivity contribution in [1.29, 1.82) is 0 Å². The van der Waals surface area contributed by atoms with E-state index in [0.29, 0.717) is 6.42 Å². The summed E-state index contributed by atoms with van der Waals surface area (Å²) in [7, 11) is 0. The number of halogens is 3. The van der Waals surface area contributed by atoms with Gasteiger partial charge in [0.2, 0.25) is 0 Å². The molecule has 10 heavy (non-hydrogen) atoms. The first kappa shape index (κ1) is 10.8. The van der Waals surface area contributed by atoms with Crippen molar-refractivity contribution in [3.8, 4) is 0 Å². The first-order valence-electron chi connectivity index (χ1n) is 2.98. The third kappa shape index (κ3) is 4.62. The van der Waals surface area contributed by atoms with Gasteiger partial charge in [-0.25, -0.2) is 0 Å². The summed E-state index contributed by atoms with van der Waals surface area (Å²) in [6, 6.07) is 0. The smallest absolute Gasteiger partial charge is 0.109 e. The topological polar surface area (TPSA) is 20.2 Å². The van der Waals surface area contributed by atoms with Crippen LogP contribution in [0.4, 0.5) is 0 Å². The van der Waals surface area contributed by atoms with Crippen LogP contribution in [0, 0.1) is 0 Å². The summed E-state index contributed by atoms with van der Waals surface area (Å²) < 4.78 is 0. The fourth-order valence-electron chi connectivity index (χ4n) is 0.445. The fourth-order valence-corrected chi connectivity index (χ4v) is 1.16. The van der Waals surface area contributed by atoms with Gasteiger partial charge in [-0.3, -0.25) is 0 Å². The van der Waals surface area contributed by atoms with Crippen molar-refractivity contribution in [3.05, 3.63) is 0 Å². The van der Waals surface area contributed by atoms with Gasteiger partial charge < -0.3 is 5.11 Å². The van der Waals surface area contributed by atoms with E-state index in [2.05, 4.69) is 0 Å². The van der Waals surface area contributed by atoms with Crippen molar-refractivity contribution in [2.45, 2.75) is 36.1 Å². The summed E-state index contributed by atoms with van der Waals surface area (Å²) in [5, 5.41) is 8.89. The first-order valence-corrected chi connectivity index (χ1v) is 4.29. The number of aliphatic hydroxyl groups is 1. The molecule has 0 aliphatic carbocycles. The molecule has 0 aromatic heterocycles. The monoisotopic (exact) mass is 204 g/mol. The summed E-state index contributed by atoms with van der Waals surface area (Å²) in [6.45, 7) is 3.25. The second-order valence-corrected chi connectivity index (χ2v) is 4.55. The van der Waals surface area contributed by atoms with E-state index in [4.69, 9.17) is 34.8 Å². The van der Waals surface area contributed by atoms with E-state index in [-0.39, 0.29) is 0 Å². The maximum absolute atomic E-state index is 9.29. The number of hydrogen-bond donors (Lipinski definition) is 1. The highest BCUT2D eigenvalue weighted by Crippen LogP contribution is 2.23. The largest absolute Gasteiger partial charge is 0.389 e. The fraction of sp³-hybridized carbons (Fsp3) is 1.00. The maximum Gasteiger partial charge on any atom is 0.109 e. The van der Waals surface area contributed by atoms with Gasteiger partial charge in [-0.05, 0) is 20.3 Å². The summed E-state index contributed by atoms with van der Waals surface area (Å²) in [6.07, 6.45) is 0.397. The summed E-state index contributed by atoms with van der Waals surface area (Å²) in [4.78, 5) is -0.506. The normalized spacial score (nSPS) is 15.9. The lowest BCUT2D eigenvalue weighted by molar-refractivity contribution is 0.0740. The van der Waals surface area contributed by atoms with Gasteiger partial charge in [0.15, 0.2) is 0 Å². The van der Waals surface area contributed by atoms with Gasteiger partial charge >= 0.3 is 0 Å². The highest BCUT2D eigenvalue weighted by atomic mass is 35.5. The molecule has 0 bridgehead atoms. The molecule has 0 fully saturated rings. The molecule has 1 nitrogen and oxygen atoms in total. The van der Waals surface area contributed by atoms with E-state index in [0.717, 1.165) is 0 Å². The van der Waals surface area contributed by atoms with Gasteiger partial charge in [-0.15, -0.1) is 34.8 Å². The Balaban J connectivity index is 3.73. The first-order chi connectivity index (χ1) is 4.34. The Morgan fingerprint density at radius 3 is 1.80 bits per heavy atom. The molecule has 0 saturated heterocycles. The molecule has 0 heterocycles. The minimum absolute atomic E-state index is 0.396. The zero-order valence-corrected chi connectivity index (χ0v) is 8.21. The van der Waals surface area contributed by atoms with Crippen LogP contribution in [0.1, 0.15) is 20.3 Å². The van der Waals surface area contributed by atoms with Crippen LogP contribution < -0.4 is 0 Å². The Bertz CT molecular complexity index is 97.7. The van der Waals surface area contributed by atoms with Crippen molar-refractivity contribution in [2.75, 3.05) is 0 Å². The zero-order chi connectivity index (χ0) is 8.36. The Morgan fingerprint density at radius 2 is 1.70 bits per heavy atom. The van der Waals surface area contributed by atoms with Gasteiger partial charge in [0.1, 0.15) is 4.84 Å². The summed E-state index contributed by atoms with van der Waals surface area (Å²) in [5.41, 5.74) is -0.913. The summed E-state index contributed by atoms with van der Waals surface area (Å²) >= 11 is 16.6. The molecule has 0 amide bonds. The van der Waals surface area contributed by atoms with Crippen molar-refractivity contribution in [2.24, 2.45) is 0 Å². The van der Waals surface area contributed by atoms with E-state index >= 15 is 0 Å². The molecule has 0 aromatic rings. The molecule has 0 aliphatic heterocycles. The highest BCUT2D eigenvalue weighted by molar-refractivity contribution is 6.44. The van der Waals surface area contributed by atoms with Crippen molar-refractivity contribution < 1.29 is 5.11 Å². The molecule has 0 aliphatic rings. The number of rotatable bonds is 3. The lowest BCUT2D eigenvalue weighted by atomic mass is 10.0. The average molecular weight is 206 g/mol. The Kier molecular flexibility index (Phi) is 4.34. The van der Waals surface area contributed by atoms with Crippen LogP contribution in [0.15, 0.2) is 0 Å². The molecule has 0 rings (SSSR count). The SMILES string of the molecule is CC(C)(O)C(Cl)CC(Cl)Cl. The maximum atomic E-state index is 9.29. The molecule has 4 heteroatoms. The second-order valence-electron chi connectivity index (χ2n) is 2.75. The van der Waals surface area contributed by atoms with Crippen LogP contribution in [0.2, 0.25) is 0 Å². The van der Waals surface area contributed by atoms with Gasteiger partial charge in [-0.1, -0.05) is 0 Å². The zero-order valence-electron chi connectivity index (χ0n) is 5.94. The molecule has 1 N–H and O–H groups in total. The third-order valence-corrected chi connectivity index (χ3v) is 2.22. The predicted molar refractivity (Wildman–Crippen MR) is 46.0 cm³/mol. The van der Waals surface area contributed by atoms with E-state index in [9.17, 15) is 5.11 Å². The van der Waals surface area contributed by atoms with Crippen molar-refractivity contribution >= 4 is 34.8 Å². The second kappa shape index (κ2) is 4.01. The van der Waals surface area contributed by atoms with Crippen molar-refractivity contribution in [3.63, 3.8) is 0 Å². The minimum Gasteiger partial charge on any atom is -0.389 e. The van der Waals surface area contributed by atoms with Gasteiger partial charge in [-0.2, -0.15) is 0 Å². The van der Waals surface area contributed by atoms with Gasteiger partial charge in [0.25, 0.3) is 0 Å². The van der Waals surface area contributed by atoms with E-state index in [1.807, 2.05) is 0 Å². The lowest BCUT2D eigenvalue weighted by Gasteiger charge is -2.23. The molecular formula is C6H11Cl3O. The highest BCUT2D eigenvalue weighted by Gasteiger charge is 2.25.